The lowest BCUT2D eigenvalue weighted by Crippen LogP contribution is -2.14. The summed E-state index contributed by atoms with van der Waals surface area (Å²) in [6.45, 7) is 4.09. The van der Waals surface area contributed by atoms with E-state index in [-0.39, 0.29) is 12.2 Å². The van der Waals surface area contributed by atoms with Crippen molar-refractivity contribution in [2.45, 2.75) is 45.3 Å². The summed E-state index contributed by atoms with van der Waals surface area (Å²) in [5.41, 5.74) is 0. The zero-order valence-electron chi connectivity index (χ0n) is 10.6. The van der Waals surface area contributed by atoms with Crippen LogP contribution in [0.4, 0.5) is 0 Å². The van der Waals surface area contributed by atoms with Gasteiger partial charge in [0.25, 0.3) is 0 Å². The first-order valence-corrected chi connectivity index (χ1v) is 6.15. The van der Waals surface area contributed by atoms with Gasteiger partial charge >= 0.3 is 0 Å². The number of aliphatic hydroxyl groups is 1. The van der Waals surface area contributed by atoms with Gasteiger partial charge in [-0.2, -0.15) is 4.98 Å². The first kappa shape index (κ1) is 12.5. The Morgan fingerprint density at radius 3 is 2.71 bits per heavy atom. The Morgan fingerprint density at radius 1 is 1.47 bits per heavy atom. The molecule has 0 spiro atoms. The van der Waals surface area contributed by atoms with Crippen molar-refractivity contribution >= 4 is 0 Å². The monoisotopic (exact) mass is 240 g/mol. The first-order valence-electron chi connectivity index (χ1n) is 6.15. The maximum Gasteiger partial charge on any atom is 0.229 e. The van der Waals surface area contributed by atoms with Crippen molar-refractivity contribution in [1.29, 1.82) is 0 Å². The second-order valence-electron chi connectivity index (χ2n) is 5.06. The maximum absolute atomic E-state index is 9.80. The molecule has 5 heteroatoms. The molecule has 1 heterocycles. The predicted octanol–water partition coefficient (Wildman–Crippen LogP) is 1.73. The van der Waals surface area contributed by atoms with E-state index in [9.17, 15) is 5.11 Å². The molecule has 5 nitrogen and oxygen atoms in total. The summed E-state index contributed by atoms with van der Waals surface area (Å²) in [6.07, 6.45) is 2.17. The summed E-state index contributed by atoms with van der Waals surface area (Å²) in [5, 5.41) is 13.7. The number of ether oxygens (including phenoxy) is 1. The van der Waals surface area contributed by atoms with Gasteiger partial charge in [0.15, 0.2) is 0 Å². The molecule has 0 aliphatic heterocycles. The average Bonchev–Trinajstić information content (AvgIpc) is 3.03. The van der Waals surface area contributed by atoms with E-state index in [1.165, 1.54) is 0 Å². The molecular weight excluding hydrogens is 220 g/mol. The van der Waals surface area contributed by atoms with E-state index < -0.39 is 0 Å². The van der Waals surface area contributed by atoms with E-state index in [0.717, 1.165) is 12.8 Å². The molecule has 1 aromatic heterocycles. The zero-order valence-corrected chi connectivity index (χ0v) is 10.6. The van der Waals surface area contributed by atoms with Gasteiger partial charge in [0.05, 0.1) is 12.5 Å². The normalized spacial score (nSPS) is 19.6. The average molecular weight is 240 g/mol. The molecule has 1 fully saturated rings. The van der Waals surface area contributed by atoms with Crippen LogP contribution >= 0.6 is 0 Å². The van der Waals surface area contributed by atoms with Gasteiger partial charge in [0, 0.05) is 7.11 Å². The second-order valence-corrected chi connectivity index (χ2v) is 5.06. The number of aliphatic hydroxyl groups excluding tert-OH is 1. The van der Waals surface area contributed by atoms with Crippen LogP contribution in [0.2, 0.25) is 0 Å². The Balaban J connectivity index is 1.98. The minimum absolute atomic E-state index is 0.148. The Labute approximate surface area is 101 Å². The minimum atomic E-state index is -0.344. The van der Waals surface area contributed by atoms with Gasteiger partial charge in [-0.1, -0.05) is 19.0 Å². The van der Waals surface area contributed by atoms with Crippen LogP contribution < -0.4 is 0 Å². The highest BCUT2D eigenvalue weighted by Crippen LogP contribution is 2.34. The molecule has 17 heavy (non-hydrogen) atoms. The maximum atomic E-state index is 9.80. The van der Waals surface area contributed by atoms with E-state index in [1.54, 1.807) is 7.11 Å². The van der Waals surface area contributed by atoms with Gasteiger partial charge in [-0.15, -0.1) is 0 Å². The number of rotatable bonds is 6. The van der Waals surface area contributed by atoms with Crippen LogP contribution in [0.1, 0.15) is 44.5 Å². The van der Waals surface area contributed by atoms with Crippen molar-refractivity contribution in [3.8, 4) is 0 Å². The molecule has 2 atom stereocenters. The van der Waals surface area contributed by atoms with Crippen LogP contribution in [0.15, 0.2) is 4.52 Å². The number of hydrogen-bond acceptors (Lipinski definition) is 5. The smallest absolute Gasteiger partial charge is 0.229 e. The van der Waals surface area contributed by atoms with Crippen LogP contribution in [-0.4, -0.2) is 28.5 Å². The van der Waals surface area contributed by atoms with Crippen molar-refractivity contribution < 1.29 is 14.4 Å². The van der Waals surface area contributed by atoms with Crippen LogP contribution in [-0.2, 0) is 11.2 Å². The molecule has 1 aliphatic rings. The molecule has 0 aromatic carbocycles. The number of hydrogen-bond donors (Lipinski definition) is 1. The standard InChI is InChI=1S/C12H20N2O3/c1-7(2)11(16-3)12-13-10(17-14-12)6-9(15)8-4-5-8/h7-9,11,15H,4-6H2,1-3H3. The molecule has 1 saturated carbocycles. The SMILES string of the molecule is COC(c1noc(CC(O)C2CC2)n1)C(C)C. The van der Waals surface area contributed by atoms with Gasteiger partial charge in [-0.05, 0) is 24.7 Å². The van der Waals surface area contributed by atoms with Gasteiger partial charge < -0.3 is 14.4 Å². The molecule has 0 bridgehead atoms. The lowest BCUT2D eigenvalue weighted by molar-refractivity contribution is 0.0555. The molecule has 0 amide bonds. The summed E-state index contributed by atoms with van der Waals surface area (Å²) < 4.78 is 10.5. The summed E-state index contributed by atoms with van der Waals surface area (Å²) in [6, 6.07) is 0. The summed E-state index contributed by atoms with van der Waals surface area (Å²) in [5.74, 6) is 1.79. The molecule has 1 aliphatic carbocycles. The fourth-order valence-electron chi connectivity index (χ4n) is 1.97. The zero-order chi connectivity index (χ0) is 12.4. The summed E-state index contributed by atoms with van der Waals surface area (Å²) >= 11 is 0. The van der Waals surface area contributed by atoms with Gasteiger partial charge in [0.1, 0.15) is 6.10 Å². The molecule has 1 aromatic rings. The molecule has 1 N–H and O–H groups in total. The lowest BCUT2D eigenvalue weighted by atomic mass is 10.1. The van der Waals surface area contributed by atoms with Crippen molar-refractivity contribution in [1.82, 2.24) is 10.1 Å². The van der Waals surface area contributed by atoms with E-state index >= 15 is 0 Å². The first-order chi connectivity index (χ1) is 8.11. The van der Waals surface area contributed by atoms with E-state index in [1.807, 2.05) is 13.8 Å². The summed E-state index contributed by atoms with van der Waals surface area (Å²) in [4.78, 5) is 4.29. The summed E-state index contributed by atoms with van der Waals surface area (Å²) in [7, 11) is 1.64. The fourth-order valence-corrected chi connectivity index (χ4v) is 1.97. The Hall–Kier alpha value is -0.940. The van der Waals surface area contributed by atoms with Crippen LogP contribution in [0.25, 0.3) is 0 Å². The van der Waals surface area contributed by atoms with Crippen LogP contribution in [0, 0.1) is 11.8 Å². The Kier molecular flexibility index (Phi) is 3.79. The van der Waals surface area contributed by atoms with Crippen molar-refractivity contribution in [3.63, 3.8) is 0 Å². The predicted molar refractivity (Wildman–Crippen MR) is 61.3 cm³/mol. The molecule has 0 saturated heterocycles. The van der Waals surface area contributed by atoms with Gasteiger partial charge in [0.2, 0.25) is 11.7 Å². The third-order valence-electron chi connectivity index (χ3n) is 3.15. The van der Waals surface area contributed by atoms with Crippen molar-refractivity contribution in [3.05, 3.63) is 11.7 Å². The quantitative estimate of drug-likeness (QED) is 0.820. The Bertz CT molecular complexity index is 360. The fraction of sp³-hybridized carbons (Fsp3) is 0.833. The van der Waals surface area contributed by atoms with Crippen molar-refractivity contribution in [2.75, 3.05) is 7.11 Å². The van der Waals surface area contributed by atoms with Crippen LogP contribution in [0.5, 0.6) is 0 Å². The highest BCUT2D eigenvalue weighted by atomic mass is 16.5. The topological polar surface area (TPSA) is 68.4 Å². The molecule has 2 unspecified atom stereocenters. The molecule has 2 rings (SSSR count). The highest BCUT2D eigenvalue weighted by Gasteiger charge is 2.31. The highest BCUT2D eigenvalue weighted by molar-refractivity contribution is 4.95. The molecule has 96 valence electrons. The third kappa shape index (κ3) is 3.04. The number of methoxy groups -OCH3 is 1. The Morgan fingerprint density at radius 2 is 2.18 bits per heavy atom. The lowest BCUT2D eigenvalue weighted by Gasteiger charge is -2.14. The van der Waals surface area contributed by atoms with E-state index in [4.69, 9.17) is 9.26 Å². The number of nitrogens with zero attached hydrogens (tertiary/aromatic N) is 2. The molecular formula is C12H20N2O3. The van der Waals surface area contributed by atoms with Crippen molar-refractivity contribution in [2.24, 2.45) is 11.8 Å². The van der Waals surface area contributed by atoms with Gasteiger partial charge in [-0.3, -0.25) is 0 Å². The van der Waals surface area contributed by atoms with Gasteiger partial charge in [-0.25, -0.2) is 0 Å². The third-order valence-corrected chi connectivity index (χ3v) is 3.15. The molecule has 0 radical (unpaired) electrons. The van der Waals surface area contributed by atoms with E-state index in [0.29, 0.717) is 30.0 Å². The van der Waals surface area contributed by atoms with E-state index in [2.05, 4.69) is 10.1 Å². The largest absolute Gasteiger partial charge is 0.392 e. The second kappa shape index (κ2) is 5.14. The number of aromatic nitrogens is 2. The minimum Gasteiger partial charge on any atom is -0.392 e. The van der Waals surface area contributed by atoms with Crippen LogP contribution in [0.3, 0.4) is 0 Å².